The molecule has 0 saturated heterocycles. The predicted molar refractivity (Wildman–Crippen MR) is 72.3 cm³/mol. The molecule has 0 bridgehead atoms. The first-order valence-corrected chi connectivity index (χ1v) is 6.00. The molecule has 0 amide bonds. The molecular formula is C13H12Cl2N2. The zero-order chi connectivity index (χ0) is 12.4. The summed E-state index contributed by atoms with van der Waals surface area (Å²) in [7, 11) is 0. The number of aromatic nitrogens is 1. The van der Waals surface area contributed by atoms with Crippen LogP contribution in [0.25, 0.3) is 11.1 Å². The minimum atomic E-state index is -0.0552. The summed E-state index contributed by atoms with van der Waals surface area (Å²) >= 11 is 12.2. The average molecular weight is 267 g/mol. The maximum Gasteiger partial charge on any atom is 0.0671 e. The molecule has 1 atom stereocenters. The van der Waals surface area contributed by atoms with Crippen LogP contribution in [0, 0.1) is 0 Å². The van der Waals surface area contributed by atoms with E-state index in [9.17, 15) is 0 Å². The van der Waals surface area contributed by atoms with Gasteiger partial charge in [0.05, 0.1) is 10.0 Å². The minimum Gasteiger partial charge on any atom is -0.324 e. The van der Waals surface area contributed by atoms with Crippen LogP contribution in [0.5, 0.6) is 0 Å². The highest BCUT2D eigenvalue weighted by atomic mass is 35.5. The molecule has 0 aliphatic carbocycles. The summed E-state index contributed by atoms with van der Waals surface area (Å²) in [4.78, 5) is 4.17. The van der Waals surface area contributed by atoms with Crippen molar-refractivity contribution in [3.05, 3.63) is 52.3 Å². The van der Waals surface area contributed by atoms with Gasteiger partial charge in [0.2, 0.25) is 0 Å². The second kappa shape index (κ2) is 5.05. The van der Waals surface area contributed by atoms with Crippen molar-refractivity contribution < 1.29 is 0 Å². The second-order valence-electron chi connectivity index (χ2n) is 3.90. The molecule has 0 radical (unpaired) electrons. The lowest BCUT2D eigenvalue weighted by Gasteiger charge is -2.09. The van der Waals surface area contributed by atoms with Gasteiger partial charge in [-0.1, -0.05) is 35.3 Å². The number of hydrogen-bond acceptors (Lipinski definition) is 2. The van der Waals surface area contributed by atoms with Crippen molar-refractivity contribution in [2.45, 2.75) is 13.0 Å². The Kier molecular flexibility index (Phi) is 3.67. The number of nitrogens with two attached hydrogens (primary N) is 1. The van der Waals surface area contributed by atoms with E-state index in [0.29, 0.717) is 10.0 Å². The number of nitrogens with zero attached hydrogens (tertiary/aromatic N) is 1. The predicted octanol–water partition coefficient (Wildman–Crippen LogP) is 4.08. The summed E-state index contributed by atoms with van der Waals surface area (Å²) in [6, 6.07) is 7.46. The minimum absolute atomic E-state index is 0.0552. The summed E-state index contributed by atoms with van der Waals surface area (Å²) in [6.07, 6.45) is 3.51. The fraction of sp³-hybridized carbons (Fsp3) is 0.154. The van der Waals surface area contributed by atoms with Gasteiger partial charge in [-0.05, 0) is 24.6 Å². The van der Waals surface area contributed by atoms with Crippen LogP contribution >= 0.6 is 23.2 Å². The highest BCUT2D eigenvalue weighted by Gasteiger charge is 2.08. The average Bonchev–Trinajstić information content (AvgIpc) is 2.33. The second-order valence-corrected chi connectivity index (χ2v) is 4.68. The first-order valence-electron chi connectivity index (χ1n) is 5.24. The van der Waals surface area contributed by atoms with Crippen molar-refractivity contribution >= 4 is 23.2 Å². The molecular weight excluding hydrogens is 255 g/mol. The largest absolute Gasteiger partial charge is 0.324 e. The molecule has 2 nitrogen and oxygen atoms in total. The van der Waals surface area contributed by atoms with Crippen LogP contribution in [0.4, 0.5) is 0 Å². The molecule has 17 heavy (non-hydrogen) atoms. The molecule has 4 heteroatoms. The third-order valence-corrected chi connectivity index (χ3v) is 3.37. The van der Waals surface area contributed by atoms with E-state index in [4.69, 9.17) is 28.9 Å². The van der Waals surface area contributed by atoms with Gasteiger partial charge in [-0.25, -0.2) is 0 Å². The molecule has 1 aromatic carbocycles. The lowest BCUT2D eigenvalue weighted by atomic mass is 10.0. The van der Waals surface area contributed by atoms with Crippen molar-refractivity contribution in [1.82, 2.24) is 4.98 Å². The van der Waals surface area contributed by atoms with Crippen LogP contribution in [0.15, 0.2) is 36.7 Å². The molecule has 0 spiro atoms. The Balaban J connectivity index is 2.53. The molecule has 2 N–H and O–H groups in total. The van der Waals surface area contributed by atoms with Crippen molar-refractivity contribution in [3.8, 4) is 11.1 Å². The molecule has 88 valence electrons. The smallest absolute Gasteiger partial charge is 0.0671 e. The van der Waals surface area contributed by atoms with Gasteiger partial charge in [-0.3, -0.25) is 4.98 Å². The van der Waals surface area contributed by atoms with Crippen molar-refractivity contribution in [3.63, 3.8) is 0 Å². The van der Waals surface area contributed by atoms with Crippen LogP contribution in [0.3, 0.4) is 0 Å². The number of hydrogen-bond donors (Lipinski definition) is 1. The quantitative estimate of drug-likeness (QED) is 0.890. The maximum atomic E-state index is 6.17. The number of halogens is 2. The summed E-state index contributed by atoms with van der Waals surface area (Å²) in [5, 5.41) is 1.08. The van der Waals surface area contributed by atoms with Gasteiger partial charge in [0.25, 0.3) is 0 Å². The van der Waals surface area contributed by atoms with Crippen LogP contribution in [-0.4, -0.2) is 4.98 Å². The van der Waals surface area contributed by atoms with Crippen LogP contribution in [0.2, 0.25) is 10.0 Å². The normalized spacial score (nSPS) is 12.5. The molecule has 0 saturated carbocycles. The lowest BCUT2D eigenvalue weighted by Crippen LogP contribution is -2.05. The Labute approximate surface area is 110 Å². The Hall–Kier alpha value is -1.09. The van der Waals surface area contributed by atoms with Crippen molar-refractivity contribution in [2.24, 2.45) is 5.73 Å². The van der Waals surface area contributed by atoms with Gasteiger partial charge in [0.1, 0.15) is 0 Å². The van der Waals surface area contributed by atoms with E-state index in [-0.39, 0.29) is 6.04 Å². The summed E-state index contributed by atoms with van der Waals surface area (Å²) < 4.78 is 0. The third-order valence-electron chi connectivity index (χ3n) is 2.55. The van der Waals surface area contributed by atoms with Gasteiger partial charge in [0, 0.05) is 29.6 Å². The number of rotatable bonds is 2. The molecule has 1 unspecified atom stereocenters. The van der Waals surface area contributed by atoms with Crippen molar-refractivity contribution in [1.29, 1.82) is 0 Å². The molecule has 0 aliphatic rings. The van der Waals surface area contributed by atoms with Gasteiger partial charge < -0.3 is 5.73 Å². The van der Waals surface area contributed by atoms with Crippen LogP contribution in [-0.2, 0) is 0 Å². The van der Waals surface area contributed by atoms with E-state index in [0.717, 1.165) is 16.7 Å². The lowest BCUT2D eigenvalue weighted by molar-refractivity contribution is 0.812. The van der Waals surface area contributed by atoms with E-state index in [1.807, 2.05) is 25.1 Å². The zero-order valence-corrected chi connectivity index (χ0v) is 10.8. The highest BCUT2D eigenvalue weighted by molar-refractivity contribution is 6.43. The number of benzene rings is 1. The monoisotopic (exact) mass is 266 g/mol. The van der Waals surface area contributed by atoms with E-state index in [1.54, 1.807) is 18.5 Å². The topological polar surface area (TPSA) is 38.9 Å². The third kappa shape index (κ3) is 2.60. The molecule has 2 aromatic rings. The molecule has 1 aromatic heterocycles. The molecule has 2 rings (SSSR count). The zero-order valence-electron chi connectivity index (χ0n) is 9.32. The Morgan fingerprint density at radius 1 is 1.24 bits per heavy atom. The fourth-order valence-corrected chi connectivity index (χ4v) is 1.99. The van der Waals surface area contributed by atoms with E-state index in [1.165, 1.54) is 0 Å². The number of pyridine rings is 1. The maximum absolute atomic E-state index is 6.17. The SMILES string of the molecule is CC(N)c1cncc(-c2cccc(Cl)c2Cl)c1. The molecule has 0 fully saturated rings. The van der Waals surface area contributed by atoms with Gasteiger partial charge in [0.15, 0.2) is 0 Å². The van der Waals surface area contributed by atoms with Gasteiger partial charge in [-0.2, -0.15) is 0 Å². The molecule has 1 heterocycles. The summed E-state index contributed by atoms with van der Waals surface area (Å²) in [5.74, 6) is 0. The standard InChI is InChI=1S/C13H12Cl2N2/c1-8(16)9-5-10(7-17-6-9)11-3-2-4-12(14)13(11)15/h2-8H,16H2,1H3. The first-order chi connectivity index (χ1) is 8.09. The Morgan fingerprint density at radius 2 is 2.00 bits per heavy atom. The van der Waals surface area contributed by atoms with Crippen molar-refractivity contribution in [2.75, 3.05) is 0 Å². The Morgan fingerprint density at radius 3 is 2.71 bits per heavy atom. The van der Waals surface area contributed by atoms with E-state index >= 15 is 0 Å². The van der Waals surface area contributed by atoms with Crippen LogP contribution in [0.1, 0.15) is 18.5 Å². The molecule has 0 aliphatic heterocycles. The van der Waals surface area contributed by atoms with Crippen LogP contribution < -0.4 is 5.73 Å². The Bertz CT molecular complexity index is 539. The van der Waals surface area contributed by atoms with E-state index in [2.05, 4.69) is 4.98 Å². The van der Waals surface area contributed by atoms with E-state index < -0.39 is 0 Å². The van der Waals surface area contributed by atoms with Gasteiger partial charge >= 0.3 is 0 Å². The highest BCUT2D eigenvalue weighted by Crippen LogP contribution is 2.33. The summed E-state index contributed by atoms with van der Waals surface area (Å²) in [6.45, 7) is 1.92. The summed E-state index contributed by atoms with van der Waals surface area (Å²) in [5.41, 5.74) is 8.59. The first kappa shape index (κ1) is 12.4. The fourth-order valence-electron chi connectivity index (χ4n) is 1.58. The van der Waals surface area contributed by atoms with Gasteiger partial charge in [-0.15, -0.1) is 0 Å².